The summed E-state index contributed by atoms with van der Waals surface area (Å²) in [5.41, 5.74) is 1.68. The molecular formula is C25H27N3O3S. The van der Waals surface area contributed by atoms with Gasteiger partial charge in [0.25, 0.3) is 0 Å². The number of hydrogen-bond acceptors (Lipinski definition) is 6. The van der Waals surface area contributed by atoms with Crippen molar-refractivity contribution < 1.29 is 9.84 Å². The molecule has 3 heterocycles. The molecule has 0 amide bonds. The van der Waals surface area contributed by atoms with Crippen molar-refractivity contribution in [2.24, 2.45) is 0 Å². The third-order valence-corrected chi connectivity index (χ3v) is 6.99. The number of thiophene rings is 1. The predicted molar refractivity (Wildman–Crippen MR) is 131 cm³/mol. The average Bonchev–Trinajstić information content (AvgIpc) is 3.28. The van der Waals surface area contributed by atoms with Crippen molar-refractivity contribution in [2.45, 2.75) is 12.8 Å². The minimum Gasteiger partial charge on any atom is -0.506 e. The molecule has 0 bridgehead atoms. The van der Waals surface area contributed by atoms with Crippen LogP contribution in [0.2, 0.25) is 0 Å². The molecule has 0 saturated carbocycles. The van der Waals surface area contributed by atoms with Gasteiger partial charge in [-0.1, -0.05) is 0 Å². The lowest BCUT2D eigenvalue weighted by Crippen LogP contribution is -2.46. The number of benzene rings is 2. The van der Waals surface area contributed by atoms with Crippen LogP contribution in [-0.4, -0.2) is 54.3 Å². The topological polar surface area (TPSA) is 68.8 Å². The Kier molecular flexibility index (Phi) is 6.01. The number of nitrogens with one attached hydrogen (secondary N) is 1. The highest BCUT2D eigenvalue weighted by atomic mass is 32.1. The van der Waals surface area contributed by atoms with E-state index in [0.717, 1.165) is 73.3 Å². The van der Waals surface area contributed by atoms with E-state index in [1.165, 1.54) is 10.8 Å². The van der Waals surface area contributed by atoms with E-state index < -0.39 is 0 Å². The van der Waals surface area contributed by atoms with Gasteiger partial charge in [-0.3, -0.25) is 9.69 Å². The summed E-state index contributed by atoms with van der Waals surface area (Å²) in [5, 5.41) is 14.7. The monoisotopic (exact) mass is 449 g/mol. The fourth-order valence-electron chi connectivity index (χ4n) is 4.39. The minimum absolute atomic E-state index is 0.100. The van der Waals surface area contributed by atoms with Crippen molar-refractivity contribution in [3.63, 3.8) is 0 Å². The molecule has 1 aliphatic heterocycles. The number of aromatic amines is 1. The van der Waals surface area contributed by atoms with Gasteiger partial charge in [-0.05, 0) is 66.6 Å². The number of pyridine rings is 1. The largest absolute Gasteiger partial charge is 0.506 e. The van der Waals surface area contributed by atoms with Crippen LogP contribution in [0.1, 0.15) is 12.8 Å². The first-order valence-corrected chi connectivity index (χ1v) is 12.0. The molecule has 0 aliphatic carbocycles. The number of aromatic hydroxyl groups is 1. The molecule has 32 heavy (non-hydrogen) atoms. The molecule has 1 fully saturated rings. The van der Waals surface area contributed by atoms with E-state index in [1.807, 2.05) is 36.4 Å². The molecule has 0 radical (unpaired) electrons. The van der Waals surface area contributed by atoms with Gasteiger partial charge < -0.3 is 19.7 Å². The highest BCUT2D eigenvalue weighted by Crippen LogP contribution is 2.38. The summed E-state index contributed by atoms with van der Waals surface area (Å²) >= 11 is 1.71. The Morgan fingerprint density at radius 1 is 1.00 bits per heavy atom. The zero-order valence-corrected chi connectivity index (χ0v) is 18.7. The maximum atomic E-state index is 11.5. The van der Waals surface area contributed by atoms with E-state index >= 15 is 0 Å². The summed E-state index contributed by atoms with van der Waals surface area (Å²) in [7, 11) is 0. The van der Waals surface area contributed by atoms with Crippen LogP contribution < -0.4 is 15.2 Å². The zero-order chi connectivity index (χ0) is 21.9. The second-order valence-corrected chi connectivity index (χ2v) is 9.17. The first-order chi connectivity index (χ1) is 15.7. The van der Waals surface area contributed by atoms with Gasteiger partial charge in [0, 0.05) is 48.4 Å². The minimum atomic E-state index is -0.100. The van der Waals surface area contributed by atoms with Gasteiger partial charge in [-0.15, -0.1) is 11.3 Å². The molecule has 1 aliphatic rings. The molecular weight excluding hydrogens is 422 g/mol. The molecule has 7 heteroatoms. The van der Waals surface area contributed by atoms with Crippen molar-refractivity contribution in [3.05, 3.63) is 64.3 Å². The Morgan fingerprint density at radius 3 is 2.72 bits per heavy atom. The first kappa shape index (κ1) is 20.8. The molecule has 2 aromatic heterocycles. The normalized spacial score (nSPS) is 14.9. The van der Waals surface area contributed by atoms with Gasteiger partial charge in [-0.25, -0.2) is 0 Å². The van der Waals surface area contributed by atoms with Crippen LogP contribution in [0, 0.1) is 0 Å². The van der Waals surface area contributed by atoms with Crippen LogP contribution in [0.25, 0.3) is 21.0 Å². The fraction of sp³-hybridized carbons (Fsp3) is 0.320. The summed E-state index contributed by atoms with van der Waals surface area (Å²) in [6.45, 7) is 5.56. The summed E-state index contributed by atoms with van der Waals surface area (Å²) in [4.78, 5) is 19.1. The third-order valence-electron chi connectivity index (χ3n) is 6.11. The van der Waals surface area contributed by atoms with E-state index in [1.54, 1.807) is 11.3 Å². The van der Waals surface area contributed by atoms with Crippen LogP contribution in [0.15, 0.2) is 58.7 Å². The number of phenolic OH excluding ortho intramolecular Hbond substituents is 1. The van der Waals surface area contributed by atoms with Crippen molar-refractivity contribution in [1.29, 1.82) is 0 Å². The standard InChI is InChI=1S/C25H27N3O3S/c29-22-6-7-23-20(9-16-32-23)25(22)28-13-11-27(12-14-28)10-1-2-15-31-19-5-3-18-4-8-24(30)26-21(18)17-19/h3-9,16-17,29H,1-2,10-15H2,(H,26,30). The summed E-state index contributed by atoms with van der Waals surface area (Å²) < 4.78 is 7.11. The zero-order valence-electron chi connectivity index (χ0n) is 17.9. The lowest BCUT2D eigenvalue weighted by atomic mass is 10.1. The van der Waals surface area contributed by atoms with Crippen molar-refractivity contribution >= 4 is 38.0 Å². The Labute approximate surface area is 190 Å². The molecule has 0 atom stereocenters. The van der Waals surface area contributed by atoms with E-state index in [-0.39, 0.29) is 5.56 Å². The predicted octanol–water partition coefficient (Wildman–Crippen LogP) is 4.43. The van der Waals surface area contributed by atoms with Crippen LogP contribution in [0.4, 0.5) is 5.69 Å². The quantitative estimate of drug-likeness (QED) is 0.409. The SMILES string of the molecule is O=c1ccc2ccc(OCCCCN3CCN(c4c(O)ccc5sccc45)CC3)cc2[nH]1. The highest BCUT2D eigenvalue weighted by Gasteiger charge is 2.21. The number of unbranched alkanes of at least 4 members (excludes halogenated alkanes) is 1. The number of rotatable bonds is 7. The lowest BCUT2D eigenvalue weighted by molar-refractivity contribution is 0.238. The summed E-state index contributed by atoms with van der Waals surface area (Å²) in [6, 6.07) is 15.1. The van der Waals surface area contributed by atoms with Gasteiger partial charge in [-0.2, -0.15) is 0 Å². The van der Waals surface area contributed by atoms with Crippen LogP contribution in [0.5, 0.6) is 11.5 Å². The highest BCUT2D eigenvalue weighted by molar-refractivity contribution is 7.17. The third kappa shape index (κ3) is 4.45. The molecule has 6 nitrogen and oxygen atoms in total. The lowest BCUT2D eigenvalue weighted by Gasteiger charge is -2.36. The second kappa shape index (κ2) is 9.22. The summed E-state index contributed by atoms with van der Waals surface area (Å²) in [5.74, 6) is 1.16. The van der Waals surface area contributed by atoms with Crippen molar-refractivity contribution in [2.75, 3.05) is 44.2 Å². The van der Waals surface area contributed by atoms with Crippen molar-refractivity contribution in [1.82, 2.24) is 9.88 Å². The molecule has 2 aromatic carbocycles. The fourth-order valence-corrected chi connectivity index (χ4v) is 5.18. The van der Waals surface area contributed by atoms with E-state index in [9.17, 15) is 9.90 Å². The number of piperazine rings is 1. The number of fused-ring (bicyclic) bond motifs is 2. The van der Waals surface area contributed by atoms with Gasteiger partial charge in [0.2, 0.25) is 5.56 Å². The Hall–Kier alpha value is -3.03. The van der Waals surface area contributed by atoms with Crippen LogP contribution in [-0.2, 0) is 0 Å². The number of H-pyrrole nitrogens is 1. The average molecular weight is 450 g/mol. The van der Waals surface area contributed by atoms with Crippen LogP contribution in [0.3, 0.4) is 0 Å². The maximum absolute atomic E-state index is 11.5. The number of ether oxygens (including phenoxy) is 1. The van der Waals surface area contributed by atoms with Crippen molar-refractivity contribution in [3.8, 4) is 11.5 Å². The van der Waals surface area contributed by atoms with E-state index in [4.69, 9.17) is 4.74 Å². The van der Waals surface area contributed by atoms with Gasteiger partial charge in [0.1, 0.15) is 11.5 Å². The molecule has 166 valence electrons. The number of aromatic nitrogens is 1. The Morgan fingerprint density at radius 2 is 1.84 bits per heavy atom. The maximum Gasteiger partial charge on any atom is 0.248 e. The van der Waals surface area contributed by atoms with Gasteiger partial charge in [0.05, 0.1) is 17.8 Å². The smallest absolute Gasteiger partial charge is 0.248 e. The van der Waals surface area contributed by atoms with Gasteiger partial charge in [0.15, 0.2) is 0 Å². The molecule has 1 saturated heterocycles. The number of phenols is 1. The van der Waals surface area contributed by atoms with E-state index in [0.29, 0.717) is 12.4 Å². The van der Waals surface area contributed by atoms with E-state index in [2.05, 4.69) is 26.2 Å². The molecule has 2 N–H and O–H groups in total. The summed E-state index contributed by atoms with van der Waals surface area (Å²) in [6.07, 6.45) is 2.06. The first-order valence-electron chi connectivity index (χ1n) is 11.1. The molecule has 0 unspecified atom stereocenters. The number of nitrogens with zero attached hydrogens (tertiary/aromatic N) is 2. The number of hydrogen-bond donors (Lipinski definition) is 2. The molecule has 4 aromatic rings. The molecule has 0 spiro atoms. The van der Waals surface area contributed by atoms with Crippen LogP contribution >= 0.6 is 11.3 Å². The molecule has 5 rings (SSSR count). The second-order valence-electron chi connectivity index (χ2n) is 8.22. The van der Waals surface area contributed by atoms with Gasteiger partial charge >= 0.3 is 0 Å². The number of anilines is 1. The Bertz CT molecular complexity index is 1270. The Balaban J connectivity index is 1.07.